The molecular formula is C26H27N3O3. The summed E-state index contributed by atoms with van der Waals surface area (Å²) in [5.41, 5.74) is 3.70. The Hall–Kier alpha value is -3.67. The summed E-state index contributed by atoms with van der Waals surface area (Å²) >= 11 is 0. The molecule has 6 nitrogen and oxygen atoms in total. The van der Waals surface area contributed by atoms with E-state index < -0.39 is 0 Å². The fourth-order valence-electron chi connectivity index (χ4n) is 3.76. The molecule has 0 spiro atoms. The van der Waals surface area contributed by atoms with E-state index in [1.807, 2.05) is 65.6 Å². The van der Waals surface area contributed by atoms with Crippen LogP contribution in [0.5, 0.6) is 0 Å². The normalized spacial score (nSPS) is 13.8. The Morgan fingerprint density at radius 3 is 2.66 bits per heavy atom. The van der Waals surface area contributed by atoms with Crippen LogP contribution in [0.1, 0.15) is 30.6 Å². The van der Waals surface area contributed by atoms with Crippen molar-refractivity contribution in [2.45, 2.75) is 25.7 Å². The smallest absolute Gasteiger partial charge is 0.246 e. The monoisotopic (exact) mass is 429 g/mol. The van der Waals surface area contributed by atoms with Gasteiger partial charge in [0.2, 0.25) is 11.8 Å². The molecule has 1 aliphatic heterocycles. The van der Waals surface area contributed by atoms with Crippen molar-refractivity contribution in [1.29, 1.82) is 0 Å². The second kappa shape index (κ2) is 10.1. The van der Waals surface area contributed by atoms with E-state index in [0.29, 0.717) is 13.0 Å². The van der Waals surface area contributed by atoms with Gasteiger partial charge in [0.1, 0.15) is 11.5 Å². The first-order chi connectivity index (χ1) is 15.6. The summed E-state index contributed by atoms with van der Waals surface area (Å²) in [6.45, 7) is 1.40. The van der Waals surface area contributed by atoms with E-state index in [1.54, 1.807) is 24.1 Å². The van der Waals surface area contributed by atoms with Crippen LogP contribution in [0.3, 0.4) is 0 Å². The Morgan fingerprint density at radius 2 is 1.94 bits per heavy atom. The Balaban J connectivity index is 1.24. The van der Waals surface area contributed by atoms with Crippen LogP contribution in [0.15, 0.2) is 71.3 Å². The van der Waals surface area contributed by atoms with E-state index in [2.05, 4.69) is 5.16 Å². The standard InChI is InChI=1S/C26H27N3O3/c1-28(17-5-9-23-19-24(27-32-23)21-7-3-2-4-8-21)25(30)16-13-20-11-14-22(15-12-20)29-18-6-10-26(29)31/h2-4,7-8,11-16,19H,5-6,9-10,17-18H2,1H3/b16-13+. The Kier molecular flexibility index (Phi) is 6.80. The molecule has 32 heavy (non-hydrogen) atoms. The first kappa shape index (κ1) is 21.6. The van der Waals surface area contributed by atoms with Gasteiger partial charge in [-0.3, -0.25) is 9.59 Å². The summed E-state index contributed by atoms with van der Waals surface area (Å²) in [6, 6.07) is 19.6. The average Bonchev–Trinajstić information content (AvgIpc) is 3.47. The number of aromatic nitrogens is 1. The van der Waals surface area contributed by atoms with E-state index in [1.165, 1.54) is 0 Å². The third kappa shape index (κ3) is 5.32. The average molecular weight is 430 g/mol. The quantitative estimate of drug-likeness (QED) is 0.492. The number of hydrogen-bond donors (Lipinski definition) is 0. The molecule has 1 fully saturated rings. The molecule has 0 aliphatic carbocycles. The number of aryl methyl sites for hydroxylation is 1. The van der Waals surface area contributed by atoms with Gasteiger partial charge >= 0.3 is 0 Å². The second-order valence-electron chi connectivity index (χ2n) is 7.98. The molecule has 0 atom stereocenters. The van der Waals surface area contributed by atoms with Crippen molar-refractivity contribution in [2.24, 2.45) is 0 Å². The molecule has 4 rings (SSSR count). The molecule has 1 aliphatic rings. The van der Waals surface area contributed by atoms with Gasteiger partial charge in [-0.1, -0.05) is 47.6 Å². The van der Waals surface area contributed by atoms with Crippen LogP contribution in [0.25, 0.3) is 17.3 Å². The number of anilines is 1. The zero-order valence-electron chi connectivity index (χ0n) is 18.2. The van der Waals surface area contributed by atoms with E-state index >= 15 is 0 Å². The molecule has 2 amide bonds. The molecule has 164 valence electrons. The zero-order valence-corrected chi connectivity index (χ0v) is 18.2. The number of carbonyl (C=O) groups excluding carboxylic acids is 2. The molecule has 6 heteroatoms. The summed E-state index contributed by atoms with van der Waals surface area (Å²) in [5.74, 6) is 0.940. The first-order valence-corrected chi connectivity index (χ1v) is 10.9. The number of rotatable bonds is 8. The molecule has 3 aromatic rings. The van der Waals surface area contributed by atoms with Crippen molar-refractivity contribution in [2.75, 3.05) is 25.0 Å². The third-order valence-corrected chi connectivity index (χ3v) is 5.62. The Bertz CT molecular complexity index is 1090. The van der Waals surface area contributed by atoms with Crippen molar-refractivity contribution in [1.82, 2.24) is 10.1 Å². The minimum absolute atomic E-state index is 0.0497. The van der Waals surface area contributed by atoms with Crippen LogP contribution in [0.4, 0.5) is 5.69 Å². The minimum atomic E-state index is -0.0497. The van der Waals surface area contributed by atoms with Gasteiger partial charge in [-0.25, -0.2) is 0 Å². The van der Waals surface area contributed by atoms with Crippen LogP contribution in [0.2, 0.25) is 0 Å². The van der Waals surface area contributed by atoms with E-state index in [-0.39, 0.29) is 11.8 Å². The van der Waals surface area contributed by atoms with Gasteiger partial charge in [0.05, 0.1) is 0 Å². The maximum absolute atomic E-state index is 12.4. The number of benzene rings is 2. The lowest BCUT2D eigenvalue weighted by Crippen LogP contribution is -2.26. The van der Waals surface area contributed by atoms with Crippen molar-refractivity contribution in [3.05, 3.63) is 78.1 Å². The molecule has 2 aromatic carbocycles. The topological polar surface area (TPSA) is 66.7 Å². The van der Waals surface area contributed by atoms with Crippen molar-refractivity contribution in [3.63, 3.8) is 0 Å². The van der Waals surface area contributed by atoms with Gasteiger partial charge in [0, 0.05) is 56.4 Å². The number of carbonyl (C=O) groups is 2. The first-order valence-electron chi connectivity index (χ1n) is 10.9. The van der Waals surface area contributed by atoms with Gasteiger partial charge < -0.3 is 14.3 Å². The van der Waals surface area contributed by atoms with Crippen LogP contribution in [0, 0.1) is 0 Å². The lowest BCUT2D eigenvalue weighted by atomic mass is 10.1. The number of hydrogen-bond acceptors (Lipinski definition) is 4. The Labute approximate surface area is 188 Å². The van der Waals surface area contributed by atoms with E-state index in [0.717, 1.165) is 54.1 Å². The van der Waals surface area contributed by atoms with Gasteiger partial charge in [0.25, 0.3) is 0 Å². The van der Waals surface area contributed by atoms with E-state index in [9.17, 15) is 9.59 Å². The second-order valence-corrected chi connectivity index (χ2v) is 7.98. The molecule has 1 saturated heterocycles. The largest absolute Gasteiger partial charge is 0.361 e. The molecule has 0 bridgehead atoms. The molecule has 0 unspecified atom stereocenters. The highest BCUT2D eigenvalue weighted by Crippen LogP contribution is 2.22. The molecule has 0 radical (unpaired) electrons. The number of amides is 2. The number of nitrogens with zero attached hydrogens (tertiary/aromatic N) is 3. The predicted octanol–water partition coefficient (Wildman–Crippen LogP) is 4.57. The molecule has 0 saturated carbocycles. The van der Waals surface area contributed by atoms with Crippen molar-refractivity contribution in [3.8, 4) is 11.3 Å². The fraction of sp³-hybridized carbons (Fsp3) is 0.269. The SMILES string of the molecule is CN(CCCc1cc(-c2ccccc2)no1)C(=O)/C=C/c1ccc(N2CCCC2=O)cc1. The minimum Gasteiger partial charge on any atom is -0.361 e. The third-order valence-electron chi connectivity index (χ3n) is 5.62. The van der Waals surface area contributed by atoms with Crippen molar-refractivity contribution >= 4 is 23.6 Å². The summed E-state index contributed by atoms with van der Waals surface area (Å²) in [7, 11) is 1.80. The summed E-state index contributed by atoms with van der Waals surface area (Å²) in [4.78, 5) is 27.8. The number of likely N-dealkylation sites (N-methyl/N-ethyl adjacent to an activating group) is 1. The molecular weight excluding hydrogens is 402 g/mol. The summed E-state index contributed by atoms with van der Waals surface area (Å²) in [5, 5.41) is 4.13. The predicted molar refractivity (Wildman–Crippen MR) is 125 cm³/mol. The summed E-state index contributed by atoms with van der Waals surface area (Å²) < 4.78 is 5.43. The molecule has 0 N–H and O–H groups in total. The summed E-state index contributed by atoms with van der Waals surface area (Å²) in [6.07, 6.45) is 6.42. The maximum atomic E-state index is 12.4. The van der Waals surface area contributed by atoms with Gasteiger partial charge in [-0.15, -0.1) is 0 Å². The highest BCUT2D eigenvalue weighted by Gasteiger charge is 2.21. The zero-order chi connectivity index (χ0) is 22.3. The van der Waals surface area contributed by atoms with Crippen molar-refractivity contribution < 1.29 is 14.1 Å². The van der Waals surface area contributed by atoms with Crippen LogP contribution in [-0.4, -0.2) is 42.0 Å². The van der Waals surface area contributed by atoms with E-state index in [4.69, 9.17) is 4.52 Å². The Morgan fingerprint density at radius 1 is 1.16 bits per heavy atom. The lowest BCUT2D eigenvalue weighted by molar-refractivity contribution is -0.124. The van der Waals surface area contributed by atoms with Gasteiger partial charge in [-0.05, 0) is 36.6 Å². The highest BCUT2D eigenvalue weighted by atomic mass is 16.5. The van der Waals surface area contributed by atoms with Crippen LogP contribution < -0.4 is 4.90 Å². The van der Waals surface area contributed by atoms with Crippen LogP contribution >= 0.6 is 0 Å². The molecule has 2 heterocycles. The van der Waals surface area contributed by atoms with Gasteiger partial charge in [-0.2, -0.15) is 0 Å². The van der Waals surface area contributed by atoms with Crippen LogP contribution in [-0.2, 0) is 16.0 Å². The molecule has 1 aromatic heterocycles. The maximum Gasteiger partial charge on any atom is 0.246 e. The lowest BCUT2D eigenvalue weighted by Gasteiger charge is -2.15. The highest BCUT2D eigenvalue weighted by molar-refractivity contribution is 5.95. The fourth-order valence-corrected chi connectivity index (χ4v) is 3.76. The van der Waals surface area contributed by atoms with Gasteiger partial charge in [0.15, 0.2) is 0 Å².